The number of nitrogens with one attached hydrogen (secondary N) is 1. The third-order valence-corrected chi connectivity index (χ3v) is 4.12. The van der Waals surface area contributed by atoms with Gasteiger partial charge in [0.1, 0.15) is 6.04 Å². The minimum absolute atomic E-state index is 0.0922. The fraction of sp³-hybridized carbons (Fsp3) is 0.867. The second kappa shape index (κ2) is 8.18. The maximum Gasteiger partial charge on any atom is 0.326 e. The lowest BCUT2D eigenvalue weighted by atomic mass is 9.83. The average molecular weight is 269 g/mol. The number of rotatable bonds is 7. The zero-order valence-electron chi connectivity index (χ0n) is 12.2. The Morgan fingerprint density at radius 1 is 1.26 bits per heavy atom. The number of hydrogen-bond donors (Lipinski definition) is 2. The van der Waals surface area contributed by atoms with E-state index in [1.54, 1.807) is 0 Å². The highest BCUT2D eigenvalue weighted by atomic mass is 16.4. The molecule has 0 aromatic carbocycles. The maximum atomic E-state index is 12.0. The van der Waals surface area contributed by atoms with Gasteiger partial charge in [0, 0.05) is 5.92 Å². The van der Waals surface area contributed by atoms with Gasteiger partial charge in [-0.2, -0.15) is 0 Å². The molecule has 1 aliphatic carbocycles. The standard InChI is InChI=1S/C15H27NO3/c1-3-4-8-11(2)14(17)16-13(15(18)19)12-9-6-5-7-10-12/h11-13H,3-10H2,1-2H3,(H,16,17)(H,18,19)/t11-,13+/m1/s1. The summed E-state index contributed by atoms with van der Waals surface area (Å²) < 4.78 is 0. The van der Waals surface area contributed by atoms with Crippen molar-refractivity contribution in [1.29, 1.82) is 0 Å². The number of aliphatic carboxylic acids is 1. The van der Waals surface area contributed by atoms with Gasteiger partial charge >= 0.3 is 5.97 Å². The van der Waals surface area contributed by atoms with Crippen LogP contribution in [0.5, 0.6) is 0 Å². The Bertz CT molecular complexity index is 298. The van der Waals surface area contributed by atoms with Gasteiger partial charge in [-0.25, -0.2) is 4.79 Å². The molecule has 1 rings (SSSR count). The molecule has 0 radical (unpaired) electrons. The number of carbonyl (C=O) groups is 2. The van der Waals surface area contributed by atoms with E-state index in [9.17, 15) is 14.7 Å². The number of hydrogen-bond acceptors (Lipinski definition) is 2. The molecule has 0 aliphatic heterocycles. The van der Waals surface area contributed by atoms with Gasteiger partial charge in [-0.05, 0) is 25.2 Å². The summed E-state index contributed by atoms with van der Waals surface area (Å²) in [7, 11) is 0. The Labute approximate surface area is 116 Å². The Kier molecular flexibility index (Phi) is 6.89. The second-order valence-electron chi connectivity index (χ2n) is 5.77. The molecule has 1 fully saturated rings. The van der Waals surface area contributed by atoms with Crippen LogP contribution in [0.15, 0.2) is 0 Å². The van der Waals surface area contributed by atoms with Gasteiger partial charge < -0.3 is 10.4 Å². The van der Waals surface area contributed by atoms with Gasteiger partial charge in [-0.1, -0.05) is 46.0 Å². The highest BCUT2D eigenvalue weighted by Crippen LogP contribution is 2.27. The highest BCUT2D eigenvalue weighted by molar-refractivity contribution is 5.84. The van der Waals surface area contributed by atoms with Gasteiger partial charge in [0.05, 0.1) is 0 Å². The number of carboxylic acids is 1. The normalized spacial score (nSPS) is 19.7. The molecule has 4 nitrogen and oxygen atoms in total. The molecule has 110 valence electrons. The second-order valence-corrected chi connectivity index (χ2v) is 5.77. The molecule has 1 saturated carbocycles. The van der Waals surface area contributed by atoms with Crippen LogP contribution in [0.4, 0.5) is 0 Å². The van der Waals surface area contributed by atoms with Gasteiger partial charge in [-0.15, -0.1) is 0 Å². The summed E-state index contributed by atoms with van der Waals surface area (Å²) in [5.74, 6) is -0.978. The largest absolute Gasteiger partial charge is 0.480 e. The Balaban J connectivity index is 2.52. The minimum Gasteiger partial charge on any atom is -0.480 e. The van der Waals surface area contributed by atoms with Crippen molar-refractivity contribution in [1.82, 2.24) is 5.32 Å². The fourth-order valence-corrected chi connectivity index (χ4v) is 2.79. The van der Waals surface area contributed by atoms with Crippen molar-refractivity contribution in [2.75, 3.05) is 0 Å². The summed E-state index contributed by atoms with van der Waals surface area (Å²) in [6.07, 6.45) is 8.08. The lowest BCUT2D eigenvalue weighted by Crippen LogP contribution is -2.48. The summed E-state index contributed by atoms with van der Waals surface area (Å²) in [4.78, 5) is 23.4. The zero-order chi connectivity index (χ0) is 14.3. The van der Waals surface area contributed by atoms with E-state index in [1.807, 2.05) is 6.92 Å². The van der Waals surface area contributed by atoms with Crippen LogP contribution in [0.1, 0.15) is 65.2 Å². The number of amides is 1. The number of carbonyl (C=O) groups excluding carboxylic acids is 1. The lowest BCUT2D eigenvalue weighted by molar-refractivity contribution is -0.144. The fourth-order valence-electron chi connectivity index (χ4n) is 2.79. The van der Waals surface area contributed by atoms with E-state index < -0.39 is 12.0 Å². The van der Waals surface area contributed by atoms with E-state index >= 15 is 0 Å². The topological polar surface area (TPSA) is 66.4 Å². The monoisotopic (exact) mass is 269 g/mol. The molecule has 19 heavy (non-hydrogen) atoms. The van der Waals surface area contributed by atoms with Crippen LogP contribution in [0.3, 0.4) is 0 Å². The van der Waals surface area contributed by atoms with Crippen molar-refractivity contribution in [3.63, 3.8) is 0 Å². The Morgan fingerprint density at radius 3 is 2.42 bits per heavy atom. The Morgan fingerprint density at radius 2 is 1.89 bits per heavy atom. The van der Waals surface area contributed by atoms with Crippen LogP contribution in [0.25, 0.3) is 0 Å². The van der Waals surface area contributed by atoms with Gasteiger partial charge in [0.2, 0.25) is 5.91 Å². The van der Waals surface area contributed by atoms with Crippen LogP contribution in [-0.4, -0.2) is 23.0 Å². The van der Waals surface area contributed by atoms with Crippen molar-refractivity contribution < 1.29 is 14.7 Å². The van der Waals surface area contributed by atoms with E-state index in [0.29, 0.717) is 0 Å². The molecule has 0 aromatic rings. The molecule has 1 aliphatic rings. The summed E-state index contributed by atoms with van der Waals surface area (Å²) >= 11 is 0. The molecule has 0 saturated heterocycles. The van der Waals surface area contributed by atoms with Crippen LogP contribution < -0.4 is 5.32 Å². The predicted octanol–water partition coefficient (Wildman–Crippen LogP) is 2.96. The van der Waals surface area contributed by atoms with E-state index in [1.165, 1.54) is 6.42 Å². The molecule has 0 aromatic heterocycles. The van der Waals surface area contributed by atoms with Crippen molar-refractivity contribution in [2.45, 2.75) is 71.3 Å². The summed E-state index contributed by atoms with van der Waals surface area (Å²) in [5, 5.41) is 12.1. The SMILES string of the molecule is CCCC[C@@H](C)C(=O)N[C@H](C(=O)O)C1CCCCC1. The van der Waals surface area contributed by atoms with E-state index in [-0.39, 0.29) is 17.7 Å². The summed E-state index contributed by atoms with van der Waals surface area (Å²) in [6, 6.07) is -0.697. The molecule has 0 bridgehead atoms. The zero-order valence-corrected chi connectivity index (χ0v) is 12.2. The van der Waals surface area contributed by atoms with Crippen molar-refractivity contribution in [2.24, 2.45) is 11.8 Å². The van der Waals surface area contributed by atoms with Gasteiger partial charge in [0.25, 0.3) is 0 Å². The Hall–Kier alpha value is -1.06. The van der Waals surface area contributed by atoms with Crippen molar-refractivity contribution >= 4 is 11.9 Å². The predicted molar refractivity (Wildman–Crippen MR) is 74.8 cm³/mol. The molecule has 4 heteroatoms. The maximum absolute atomic E-state index is 12.0. The molecule has 1 amide bonds. The summed E-state index contributed by atoms with van der Waals surface area (Å²) in [5.41, 5.74) is 0. The van der Waals surface area contributed by atoms with E-state index in [2.05, 4.69) is 12.2 Å². The number of unbranched alkanes of at least 4 members (excludes halogenated alkanes) is 1. The van der Waals surface area contributed by atoms with E-state index in [4.69, 9.17) is 0 Å². The molecular formula is C15H27NO3. The third-order valence-electron chi connectivity index (χ3n) is 4.12. The van der Waals surface area contributed by atoms with Crippen molar-refractivity contribution in [3.05, 3.63) is 0 Å². The molecule has 0 spiro atoms. The first-order chi connectivity index (χ1) is 9.06. The highest BCUT2D eigenvalue weighted by Gasteiger charge is 2.31. The van der Waals surface area contributed by atoms with Gasteiger partial charge in [-0.3, -0.25) is 4.79 Å². The van der Waals surface area contributed by atoms with Crippen molar-refractivity contribution in [3.8, 4) is 0 Å². The minimum atomic E-state index is -0.886. The van der Waals surface area contributed by atoms with Crippen LogP contribution in [0, 0.1) is 11.8 Å². The molecule has 2 N–H and O–H groups in total. The third kappa shape index (κ3) is 5.21. The number of carboxylic acid groups (broad SMARTS) is 1. The smallest absolute Gasteiger partial charge is 0.326 e. The van der Waals surface area contributed by atoms with Crippen LogP contribution in [0.2, 0.25) is 0 Å². The quantitative estimate of drug-likeness (QED) is 0.746. The molecule has 0 heterocycles. The first-order valence-corrected chi connectivity index (χ1v) is 7.59. The van der Waals surface area contributed by atoms with Gasteiger partial charge in [0.15, 0.2) is 0 Å². The molecule has 0 unspecified atom stereocenters. The molecular weight excluding hydrogens is 242 g/mol. The average Bonchev–Trinajstić information content (AvgIpc) is 2.42. The van der Waals surface area contributed by atoms with Crippen LogP contribution in [-0.2, 0) is 9.59 Å². The van der Waals surface area contributed by atoms with Crippen LogP contribution >= 0.6 is 0 Å². The lowest BCUT2D eigenvalue weighted by Gasteiger charge is -2.28. The van der Waals surface area contributed by atoms with E-state index in [0.717, 1.165) is 44.9 Å². The first kappa shape index (κ1) is 16.0. The summed E-state index contributed by atoms with van der Waals surface area (Å²) in [6.45, 7) is 3.97. The first-order valence-electron chi connectivity index (χ1n) is 7.59. The molecule has 2 atom stereocenters.